The van der Waals surface area contributed by atoms with Crippen LogP contribution in [-0.4, -0.2) is 45.9 Å². The zero-order valence-corrected chi connectivity index (χ0v) is 14.6. The number of hydrogen-bond donors (Lipinski definition) is 0. The third-order valence-electron chi connectivity index (χ3n) is 4.89. The quantitative estimate of drug-likeness (QED) is 0.747. The molecule has 1 aromatic carbocycles. The van der Waals surface area contributed by atoms with Crippen LogP contribution in [0.25, 0.3) is 0 Å². The number of ether oxygens (including phenoxy) is 1. The summed E-state index contributed by atoms with van der Waals surface area (Å²) in [6, 6.07) is 8.59. The third-order valence-corrected chi connectivity index (χ3v) is 4.89. The van der Waals surface area contributed by atoms with Crippen molar-refractivity contribution < 1.29 is 4.74 Å². The Hall–Kier alpha value is -1.88. The third kappa shape index (κ3) is 5.06. The van der Waals surface area contributed by atoms with E-state index in [1.165, 1.54) is 44.3 Å². The van der Waals surface area contributed by atoms with Crippen LogP contribution in [0.2, 0.25) is 0 Å². The molecule has 1 aliphatic heterocycles. The van der Waals surface area contributed by atoms with E-state index in [1.54, 1.807) is 12.7 Å². The fourth-order valence-corrected chi connectivity index (χ4v) is 3.38. The van der Waals surface area contributed by atoms with Crippen LogP contribution >= 0.6 is 0 Å². The lowest BCUT2D eigenvalue weighted by atomic mass is 9.90. The predicted octanol–water partition coefficient (Wildman–Crippen LogP) is 3.02. The Balaban J connectivity index is 1.34. The smallest absolute Gasteiger partial charge is 0.137 e. The van der Waals surface area contributed by atoms with Gasteiger partial charge in [0.15, 0.2) is 0 Å². The van der Waals surface area contributed by atoms with Gasteiger partial charge in [0, 0.05) is 6.54 Å². The van der Waals surface area contributed by atoms with Crippen LogP contribution < -0.4 is 4.74 Å². The van der Waals surface area contributed by atoms with Crippen molar-refractivity contribution in [2.75, 3.05) is 26.2 Å². The maximum Gasteiger partial charge on any atom is 0.137 e. The minimum Gasteiger partial charge on any atom is -0.494 e. The van der Waals surface area contributed by atoms with Gasteiger partial charge >= 0.3 is 0 Å². The van der Waals surface area contributed by atoms with Crippen LogP contribution in [0.4, 0.5) is 0 Å². The van der Waals surface area contributed by atoms with Gasteiger partial charge < -0.3 is 9.64 Å². The van der Waals surface area contributed by atoms with Gasteiger partial charge in [-0.15, -0.1) is 0 Å². The van der Waals surface area contributed by atoms with Gasteiger partial charge in [0.05, 0.1) is 13.2 Å². The van der Waals surface area contributed by atoms with E-state index in [-0.39, 0.29) is 0 Å². The summed E-state index contributed by atoms with van der Waals surface area (Å²) >= 11 is 0. The van der Waals surface area contributed by atoms with Gasteiger partial charge in [-0.2, -0.15) is 5.10 Å². The summed E-state index contributed by atoms with van der Waals surface area (Å²) in [6.45, 7) is 7.19. The molecule has 0 atom stereocenters. The van der Waals surface area contributed by atoms with E-state index < -0.39 is 0 Å². The molecule has 0 spiro atoms. The van der Waals surface area contributed by atoms with Crippen molar-refractivity contribution >= 4 is 0 Å². The Kier molecular flexibility index (Phi) is 6.24. The molecule has 0 radical (unpaired) electrons. The van der Waals surface area contributed by atoms with E-state index >= 15 is 0 Å². The van der Waals surface area contributed by atoms with E-state index in [4.69, 9.17) is 4.74 Å². The summed E-state index contributed by atoms with van der Waals surface area (Å²) in [5.74, 6) is 1.83. The average Bonchev–Trinajstić information content (AvgIpc) is 3.14. The molecule has 0 N–H and O–H groups in total. The van der Waals surface area contributed by atoms with Gasteiger partial charge in [0.2, 0.25) is 0 Å². The SMILES string of the molecule is CCOc1ccc(CCC2CCN(CCn3cncn3)CC2)cc1. The van der Waals surface area contributed by atoms with Crippen LogP contribution in [0.3, 0.4) is 0 Å². The molecular weight excluding hydrogens is 300 g/mol. The second kappa shape index (κ2) is 8.83. The highest BCUT2D eigenvalue weighted by Crippen LogP contribution is 2.23. The van der Waals surface area contributed by atoms with Crippen LogP contribution in [0.5, 0.6) is 5.75 Å². The number of benzene rings is 1. The normalized spacial score (nSPS) is 16.4. The van der Waals surface area contributed by atoms with Crippen LogP contribution in [0.15, 0.2) is 36.9 Å². The Morgan fingerprint density at radius 1 is 1.12 bits per heavy atom. The molecule has 0 unspecified atom stereocenters. The average molecular weight is 328 g/mol. The lowest BCUT2D eigenvalue weighted by Crippen LogP contribution is -2.36. The molecule has 1 fully saturated rings. The van der Waals surface area contributed by atoms with Crippen LogP contribution in [-0.2, 0) is 13.0 Å². The van der Waals surface area contributed by atoms with Crippen molar-refractivity contribution in [1.82, 2.24) is 19.7 Å². The molecular formula is C19H28N4O. The molecule has 0 bridgehead atoms. The molecule has 2 aromatic rings. The Labute approximate surface area is 144 Å². The van der Waals surface area contributed by atoms with E-state index in [0.29, 0.717) is 0 Å². The summed E-state index contributed by atoms with van der Waals surface area (Å²) in [4.78, 5) is 6.54. The Morgan fingerprint density at radius 3 is 2.58 bits per heavy atom. The zero-order chi connectivity index (χ0) is 16.6. The number of rotatable bonds is 8. The maximum atomic E-state index is 5.50. The van der Waals surface area contributed by atoms with Gasteiger partial charge in [0.25, 0.3) is 0 Å². The largest absolute Gasteiger partial charge is 0.494 e. The molecule has 130 valence electrons. The number of likely N-dealkylation sites (tertiary alicyclic amines) is 1. The summed E-state index contributed by atoms with van der Waals surface area (Å²) in [5.41, 5.74) is 1.42. The first-order valence-electron chi connectivity index (χ1n) is 9.10. The van der Waals surface area contributed by atoms with Crippen molar-refractivity contribution in [2.45, 2.75) is 39.2 Å². The first-order chi connectivity index (χ1) is 11.8. The van der Waals surface area contributed by atoms with E-state index in [2.05, 4.69) is 39.2 Å². The first-order valence-corrected chi connectivity index (χ1v) is 9.10. The molecule has 1 aliphatic rings. The minimum absolute atomic E-state index is 0.731. The van der Waals surface area contributed by atoms with E-state index in [9.17, 15) is 0 Å². The van der Waals surface area contributed by atoms with Gasteiger partial charge in [-0.1, -0.05) is 12.1 Å². The Bertz CT molecular complexity index is 574. The molecule has 24 heavy (non-hydrogen) atoms. The predicted molar refractivity (Wildman–Crippen MR) is 95.1 cm³/mol. The topological polar surface area (TPSA) is 43.2 Å². The number of aromatic nitrogens is 3. The molecule has 3 rings (SSSR count). The molecule has 5 heteroatoms. The highest BCUT2D eigenvalue weighted by atomic mass is 16.5. The van der Waals surface area contributed by atoms with Crippen LogP contribution in [0, 0.1) is 5.92 Å². The summed E-state index contributed by atoms with van der Waals surface area (Å²) in [5, 5.41) is 4.17. The minimum atomic E-state index is 0.731. The highest BCUT2D eigenvalue weighted by Gasteiger charge is 2.18. The van der Waals surface area contributed by atoms with Crippen LogP contribution in [0.1, 0.15) is 31.7 Å². The molecule has 1 aromatic heterocycles. The standard InChI is InChI=1S/C19H28N4O/c1-2-24-19-7-5-17(6-8-19)3-4-18-9-11-22(12-10-18)13-14-23-16-20-15-21-23/h5-8,15-16,18H,2-4,9-14H2,1H3. The first kappa shape index (κ1) is 17.0. The molecule has 5 nitrogen and oxygen atoms in total. The lowest BCUT2D eigenvalue weighted by molar-refractivity contribution is 0.172. The number of piperidine rings is 1. The summed E-state index contributed by atoms with van der Waals surface area (Å²) in [6.07, 6.45) is 8.50. The molecule has 0 amide bonds. The number of aryl methyl sites for hydroxylation is 1. The van der Waals surface area contributed by atoms with Gasteiger partial charge in [-0.3, -0.25) is 4.68 Å². The summed E-state index contributed by atoms with van der Waals surface area (Å²) < 4.78 is 7.42. The maximum absolute atomic E-state index is 5.50. The molecule has 2 heterocycles. The number of hydrogen-bond acceptors (Lipinski definition) is 4. The van der Waals surface area contributed by atoms with Crippen molar-refractivity contribution in [3.63, 3.8) is 0 Å². The van der Waals surface area contributed by atoms with Gasteiger partial charge in [0.1, 0.15) is 18.4 Å². The van der Waals surface area contributed by atoms with Crippen molar-refractivity contribution in [3.05, 3.63) is 42.5 Å². The van der Waals surface area contributed by atoms with Crippen molar-refractivity contribution in [3.8, 4) is 5.75 Å². The van der Waals surface area contributed by atoms with E-state index in [0.717, 1.165) is 31.4 Å². The van der Waals surface area contributed by atoms with Crippen molar-refractivity contribution in [1.29, 1.82) is 0 Å². The van der Waals surface area contributed by atoms with Gasteiger partial charge in [-0.05, 0) is 69.3 Å². The van der Waals surface area contributed by atoms with Gasteiger partial charge in [-0.25, -0.2) is 4.98 Å². The molecule has 0 saturated carbocycles. The lowest BCUT2D eigenvalue weighted by Gasteiger charge is -2.31. The highest BCUT2D eigenvalue weighted by molar-refractivity contribution is 5.27. The van der Waals surface area contributed by atoms with E-state index in [1.807, 2.05) is 11.6 Å². The second-order valence-electron chi connectivity index (χ2n) is 6.56. The second-order valence-corrected chi connectivity index (χ2v) is 6.56. The van der Waals surface area contributed by atoms with Crippen molar-refractivity contribution in [2.24, 2.45) is 5.92 Å². The number of nitrogens with zero attached hydrogens (tertiary/aromatic N) is 4. The fourth-order valence-electron chi connectivity index (χ4n) is 3.38. The fraction of sp³-hybridized carbons (Fsp3) is 0.579. The monoisotopic (exact) mass is 328 g/mol. The zero-order valence-electron chi connectivity index (χ0n) is 14.6. The molecule has 0 aliphatic carbocycles. The summed E-state index contributed by atoms with van der Waals surface area (Å²) in [7, 11) is 0. The molecule has 1 saturated heterocycles. The Morgan fingerprint density at radius 2 is 1.92 bits per heavy atom.